The molecule has 2 heterocycles. The molecule has 0 radical (unpaired) electrons. The first-order valence-corrected chi connectivity index (χ1v) is 8.35. The predicted octanol–water partition coefficient (Wildman–Crippen LogP) is 3.03. The van der Waals surface area contributed by atoms with Crippen molar-refractivity contribution in [3.8, 4) is 0 Å². The molecule has 3 rings (SSSR count). The monoisotopic (exact) mass is 331 g/mol. The number of aromatic nitrogens is 1. The number of carbonyl (C=O) groups is 2. The Morgan fingerprint density at radius 1 is 1.27 bits per heavy atom. The van der Waals surface area contributed by atoms with Crippen LogP contribution in [0.1, 0.15) is 15.9 Å². The number of benzene rings is 1. The van der Waals surface area contributed by atoms with Gasteiger partial charge in [-0.15, -0.1) is 0 Å². The SMILES string of the molecule is Cc1ccc2nc(NC(=O)CNC(=O)c3ccsc3)sc2c1. The molecule has 7 heteroatoms. The van der Waals surface area contributed by atoms with Crippen molar-refractivity contribution in [2.45, 2.75) is 6.92 Å². The van der Waals surface area contributed by atoms with Crippen LogP contribution in [0.15, 0.2) is 35.0 Å². The lowest BCUT2D eigenvalue weighted by atomic mass is 10.2. The average molecular weight is 331 g/mol. The van der Waals surface area contributed by atoms with Crippen molar-refractivity contribution in [1.29, 1.82) is 0 Å². The van der Waals surface area contributed by atoms with E-state index in [1.807, 2.05) is 30.5 Å². The summed E-state index contributed by atoms with van der Waals surface area (Å²) in [5.41, 5.74) is 2.57. The summed E-state index contributed by atoms with van der Waals surface area (Å²) in [4.78, 5) is 28.0. The molecule has 2 amide bonds. The lowest BCUT2D eigenvalue weighted by Gasteiger charge is -2.03. The molecule has 0 unspecified atom stereocenters. The van der Waals surface area contributed by atoms with Gasteiger partial charge in [0, 0.05) is 10.9 Å². The first-order chi connectivity index (χ1) is 10.6. The van der Waals surface area contributed by atoms with E-state index in [2.05, 4.69) is 15.6 Å². The Balaban J connectivity index is 1.59. The number of fused-ring (bicyclic) bond motifs is 1. The molecule has 0 atom stereocenters. The lowest BCUT2D eigenvalue weighted by molar-refractivity contribution is -0.115. The summed E-state index contributed by atoms with van der Waals surface area (Å²) in [5, 5.41) is 9.38. The minimum atomic E-state index is -0.292. The minimum absolute atomic E-state index is 0.0797. The highest BCUT2D eigenvalue weighted by Crippen LogP contribution is 2.26. The van der Waals surface area contributed by atoms with E-state index in [9.17, 15) is 9.59 Å². The Hall–Kier alpha value is -2.25. The van der Waals surface area contributed by atoms with Crippen molar-refractivity contribution in [2.75, 3.05) is 11.9 Å². The van der Waals surface area contributed by atoms with E-state index in [4.69, 9.17) is 0 Å². The summed E-state index contributed by atoms with van der Waals surface area (Å²) in [7, 11) is 0. The van der Waals surface area contributed by atoms with Gasteiger partial charge in [0.1, 0.15) is 0 Å². The van der Waals surface area contributed by atoms with Gasteiger partial charge in [0.15, 0.2) is 5.13 Å². The fourth-order valence-electron chi connectivity index (χ4n) is 1.91. The van der Waals surface area contributed by atoms with Crippen LogP contribution in [-0.2, 0) is 4.79 Å². The van der Waals surface area contributed by atoms with Gasteiger partial charge >= 0.3 is 0 Å². The first-order valence-electron chi connectivity index (χ1n) is 6.59. The molecule has 0 aliphatic carbocycles. The molecule has 3 aromatic rings. The number of hydrogen-bond acceptors (Lipinski definition) is 5. The van der Waals surface area contributed by atoms with Crippen LogP contribution in [0, 0.1) is 6.92 Å². The fraction of sp³-hybridized carbons (Fsp3) is 0.133. The summed E-state index contributed by atoms with van der Waals surface area (Å²) in [6.07, 6.45) is 0. The van der Waals surface area contributed by atoms with Crippen molar-refractivity contribution in [2.24, 2.45) is 0 Å². The molecule has 0 saturated heterocycles. The highest BCUT2D eigenvalue weighted by atomic mass is 32.1. The Bertz CT molecular complexity index is 825. The maximum absolute atomic E-state index is 11.9. The zero-order valence-corrected chi connectivity index (χ0v) is 13.4. The van der Waals surface area contributed by atoms with Crippen molar-refractivity contribution < 1.29 is 9.59 Å². The van der Waals surface area contributed by atoms with Crippen LogP contribution in [-0.4, -0.2) is 23.3 Å². The third-order valence-electron chi connectivity index (χ3n) is 2.98. The Labute approximate surface area is 135 Å². The number of aryl methyl sites for hydroxylation is 1. The second-order valence-corrected chi connectivity index (χ2v) is 6.54. The van der Waals surface area contributed by atoms with Crippen LogP contribution in [0.4, 0.5) is 5.13 Å². The number of anilines is 1. The van der Waals surface area contributed by atoms with Crippen molar-refractivity contribution in [3.05, 3.63) is 46.2 Å². The predicted molar refractivity (Wildman–Crippen MR) is 89.6 cm³/mol. The number of rotatable bonds is 4. The maximum atomic E-state index is 11.9. The number of carbonyl (C=O) groups excluding carboxylic acids is 2. The summed E-state index contributed by atoms with van der Waals surface area (Å²) in [5.74, 6) is -0.546. The standard InChI is InChI=1S/C15H13N3O2S2/c1-9-2-3-11-12(6-9)22-15(17-11)18-13(19)7-16-14(20)10-4-5-21-8-10/h2-6,8H,7H2,1H3,(H,16,20)(H,17,18,19). The van der Waals surface area contributed by atoms with Crippen LogP contribution >= 0.6 is 22.7 Å². The smallest absolute Gasteiger partial charge is 0.252 e. The lowest BCUT2D eigenvalue weighted by Crippen LogP contribution is -2.32. The molecule has 0 fully saturated rings. The van der Waals surface area contributed by atoms with E-state index in [-0.39, 0.29) is 18.4 Å². The molecule has 2 aromatic heterocycles. The van der Waals surface area contributed by atoms with Crippen molar-refractivity contribution in [1.82, 2.24) is 10.3 Å². The third kappa shape index (κ3) is 3.32. The molecule has 0 bridgehead atoms. The number of nitrogens with one attached hydrogen (secondary N) is 2. The molecule has 22 heavy (non-hydrogen) atoms. The highest BCUT2D eigenvalue weighted by molar-refractivity contribution is 7.22. The molecular weight excluding hydrogens is 318 g/mol. The molecule has 0 spiro atoms. The van der Waals surface area contributed by atoms with Crippen LogP contribution < -0.4 is 10.6 Å². The average Bonchev–Trinajstić information content (AvgIpc) is 3.13. The van der Waals surface area contributed by atoms with Crippen LogP contribution in [0.2, 0.25) is 0 Å². The molecule has 0 saturated carbocycles. The molecule has 0 aliphatic heterocycles. The van der Waals surface area contributed by atoms with Gasteiger partial charge in [-0.05, 0) is 36.1 Å². The topological polar surface area (TPSA) is 71.1 Å². The van der Waals surface area contributed by atoms with Gasteiger partial charge in [-0.3, -0.25) is 9.59 Å². The van der Waals surface area contributed by atoms with Gasteiger partial charge in [-0.2, -0.15) is 11.3 Å². The van der Waals surface area contributed by atoms with E-state index in [0.717, 1.165) is 15.8 Å². The zero-order valence-electron chi connectivity index (χ0n) is 11.8. The number of thiophene rings is 1. The summed E-state index contributed by atoms with van der Waals surface area (Å²) in [6.45, 7) is 1.93. The number of thiazole rings is 1. The second kappa shape index (κ2) is 6.25. The summed E-state index contributed by atoms with van der Waals surface area (Å²) >= 11 is 2.86. The van der Waals surface area contributed by atoms with Crippen LogP contribution in [0.25, 0.3) is 10.2 Å². The Morgan fingerprint density at radius 2 is 2.14 bits per heavy atom. The van der Waals surface area contributed by atoms with Gasteiger partial charge in [-0.1, -0.05) is 17.4 Å². The zero-order chi connectivity index (χ0) is 15.5. The fourth-order valence-corrected chi connectivity index (χ4v) is 3.52. The second-order valence-electron chi connectivity index (χ2n) is 4.73. The molecule has 1 aromatic carbocycles. The maximum Gasteiger partial charge on any atom is 0.252 e. The van der Waals surface area contributed by atoms with Gasteiger partial charge in [0.05, 0.1) is 16.8 Å². The first kappa shape index (κ1) is 14.7. The van der Waals surface area contributed by atoms with E-state index in [1.165, 1.54) is 22.7 Å². The third-order valence-corrected chi connectivity index (χ3v) is 4.60. The quantitative estimate of drug-likeness (QED) is 0.772. The molecular formula is C15H13N3O2S2. The van der Waals surface area contributed by atoms with Gasteiger partial charge in [0.25, 0.3) is 5.91 Å². The van der Waals surface area contributed by atoms with E-state index >= 15 is 0 Å². The largest absolute Gasteiger partial charge is 0.343 e. The molecule has 0 aliphatic rings. The Morgan fingerprint density at radius 3 is 2.91 bits per heavy atom. The Kier molecular flexibility index (Phi) is 4.17. The summed E-state index contributed by atoms with van der Waals surface area (Å²) < 4.78 is 1.03. The normalized spacial score (nSPS) is 10.6. The van der Waals surface area contributed by atoms with Gasteiger partial charge < -0.3 is 10.6 Å². The van der Waals surface area contributed by atoms with Crippen LogP contribution in [0.3, 0.4) is 0 Å². The minimum Gasteiger partial charge on any atom is -0.343 e. The van der Waals surface area contributed by atoms with Crippen molar-refractivity contribution >= 4 is 49.8 Å². The number of hydrogen-bond donors (Lipinski definition) is 2. The van der Waals surface area contributed by atoms with E-state index in [0.29, 0.717) is 10.7 Å². The molecule has 5 nitrogen and oxygen atoms in total. The summed E-state index contributed by atoms with van der Waals surface area (Å²) in [6, 6.07) is 7.65. The highest BCUT2D eigenvalue weighted by Gasteiger charge is 2.10. The van der Waals surface area contributed by atoms with Crippen molar-refractivity contribution in [3.63, 3.8) is 0 Å². The van der Waals surface area contributed by atoms with Gasteiger partial charge in [-0.25, -0.2) is 4.98 Å². The van der Waals surface area contributed by atoms with Gasteiger partial charge in [0.2, 0.25) is 5.91 Å². The van der Waals surface area contributed by atoms with E-state index < -0.39 is 0 Å². The number of nitrogens with zero attached hydrogens (tertiary/aromatic N) is 1. The van der Waals surface area contributed by atoms with E-state index in [1.54, 1.807) is 11.4 Å². The molecule has 112 valence electrons. The molecule has 2 N–H and O–H groups in total. The number of amides is 2. The van der Waals surface area contributed by atoms with Crippen LogP contribution in [0.5, 0.6) is 0 Å².